The molecule has 0 aromatic heterocycles. The average molecular weight is 337 g/mol. The van der Waals surface area contributed by atoms with E-state index in [1.165, 1.54) is 6.92 Å². The number of nitrogens with one attached hydrogen (secondary N) is 1. The zero-order chi connectivity index (χ0) is 18.2. The Hall–Kier alpha value is -3.00. The van der Waals surface area contributed by atoms with Crippen LogP contribution >= 0.6 is 0 Å². The van der Waals surface area contributed by atoms with Crippen molar-refractivity contribution in [2.45, 2.75) is 27.0 Å². The molecular weight excluding hydrogens is 314 g/mol. The van der Waals surface area contributed by atoms with E-state index >= 15 is 0 Å². The summed E-state index contributed by atoms with van der Waals surface area (Å²) in [6.45, 7) is 7.41. The van der Waals surface area contributed by atoms with E-state index in [0.29, 0.717) is 5.56 Å². The van der Waals surface area contributed by atoms with Gasteiger partial charge in [-0.15, -0.1) is 0 Å². The van der Waals surface area contributed by atoms with E-state index in [2.05, 4.69) is 30.1 Å². The summed E-state index contributed by atoms with van der Waals surface area (Å²) < 4.78 is 5.47. The molecule has 0 spiro atoms. The fraction of sp³-hybridized carbons (Fsp3) is 0.300. The van der Waals surface area contributed by atoms with Gasteiger partial charge in [-0.3, -0.25) is 4.79 Å². The van der Waals surface area contributed by atoms with E-state index in [1.807, 2.05) is 24.3 Å². The topological polar surface area (TPSA) is 65.4 Å². The number of nitrogens with zero attached hydrogens (tertiary/aromatic N) is 2. The van der Waals surface area contributed by atoms with Crippen LogP contribution in [0.5, 0.6) is 0 Å². The number of esters is 1. The Morgan fingerprint density at radius 3 is 2.44 bits per heavy atom. The third-order valence-electron chi connectivity index (χ3n) is 3.90. The van der Waals surface area contributed by atoms with Crippen molar-refractivity contribution in [3.8, 4) is 6.07 Å². The summed E-state index contributed by atoms with van der Waals surface area (Å²) in [6.07, 6.45) is -0.596. The van der Waals surface area contributed by atoms with Crippen LogP contribution in [0.15, 0.2) is 48.5 Å². The van der Waals surface area contributed by atoms with Crippen LogP contribution in [-0.2, 0) is 9.53 Å². The second-order valence-electron chi connectivity index (χ2n) is 5.59. The SMILES string of the molecule is CCN(CC)c1cccc(C(Nc2ccc(C#N)cc2)OC(C)=O)c1. The number of ether oxygens (including phenoxy) is 1. The molecular formula is C20H23N3O2. The molecule has 2 aromatic rings. The number of hydrogen-bond donors (Lipinski definition) is 1. The van der Waals surface area contributed by atoms with Gasteiger partial charge in [-0.25, -0.2) is 0 Å². The second kappa shape index (κ2) is 8.74. The van der Waals surface area contributed by atoms with Crippen LogP contribution in [0.3, 0.4) is 0 Å². The lowest BCUT2D eigenvalue weighted by molar-refractivity contribution is -0.145. The first-order chi connectivity index (χ1) is 12.1. The normalized spacial score (nSPS) is 11.3. The maximum atomic E-state index is 11.5. The number of carbonyl (C=O) groups is 1. The molecule has 25 heavy (non-hydrogen) atoms. The molecule has 0 aliphatic heterocycles. The van der Waals surface area contributed by atoms with Gasteiger partial charge in [-0.05, 0) is 50.2 Å². The number of hydrogen-bond acceptors (Lipinski definition) is 5. The minimum atomic E-state index is -0.596. The summed E-state index contributed by atoms with van der Waals surface area (Å²) in [5.74, 6) is -0.362. The van der Waals surface area contributed by atoms with Gasteiger partial charge in [0, 0.05) is 37.0 Å². The summed E-state index contributed by atoms with van der Waals surface area (Å²) in [6, 6.07) is 17.1. The number of anilines is 2. The molecule has 0 radical (unpaired) electrons. The smallest absolute Gasteiger partial charge is 0.304 e. The Morgan fingerprint density at radius 1 is 1.20 bits per heavy atom. The van der Waals surface area contributed by atoms with Crippen molar-refractivity contribution in [3.63, 3.8) is 0 Å². The third-order valence-corrected chi connectivity index (χ3v) is 3.90. The first-order valence-corrected chi connectivity index (χ1v) is 8.36. The molecule has 1 unspecified atom stereocenters. The standard InChI is InChI=1S/C20H23N3O2/c1-4-23(5-2)19-8-6-7-17(13-19)20(25-15(3)24)22-18-11-9-16(14-21)10-12-18/h6-13,20,22H,4-5H2,1-3H3. The van der Waals surface area contributed by atoms with Crippen LogP contribution in [0, 0.1) is 11.3 Å². The minimum Gasteiger partial charge on any atom is -0.438 e. The summed E-state index contributed by atoms with van der Waals surface area (Å²) in [7, 11) is 0. The predicted molar refractivity (Wildman–Crippen MR) is 99.3 cm³/mol. The van der Waals surface area contributed by atoms with Crippen LogP contribution in [-0.4, -0.2) is 19.1 Å². The Labute approximate surface area is 148 Å². The molecule has 2 aromatic carbocycles. The molecule has 1 atom stereocenters. The number of nitriles is 1. The van der Waals surface area contributed by atoms with Gasteiger partial charge < -0.3 is 15.0 Å². The van der Waals surface area contributed by atoms with Gasteiger partial charge in [0.2, 0.25) is 0 Å². The summed E-state index contributed by atoms with van der Waals surface area (Å²) in [4.78, 5) is 13.8. The van der Waals surface area contributed by atoms with E-state index in [4.69, 9.17) is 10.00 Å². The van der Waals surface area contributed by atoms with Crippen LogP contribution in [0.4, 0.5) is 11.4 Å². The summed E-state index contributed by atoms with van der Waals surface area (Å²) in [5, 5.41) is 12.1. The van der Waals surface area contributed by atoms with Gasteiger partial charge in [0.1, 0.15) is 0 Å². The maximum Gasteiger partial charge on any atom is 0.304 e. The van der Waals surface area contributed by atoms with E-state index < -0.39 is 6.23 Å². The molecule has 0 amide bonds. The summed E-state index contributed by atoms with van der Waals surface area (Å²) >= 11 is 0. The lowest BCUT2D eigenvalue weighted by Gasteiger charge is -2.24. The fourth-order valence-electron chi connectivity index (χ4n) is 2.61. The molecule has 0 heterocycles. The predicted octanol–water partition coefficient (Wildman–Crippen LogP) is 4.08. The highest BCUT2D eigenvalue weighted by atomic mass is 16.6. The monoisotopic (exact) mass is 337 g/mol. The molecule has 130 valence electrons. The number of benzene rings is 2. The van der Waals surface area contributed by atoms with Crippen molar-refractivity contribution >= 4 is 17.3 Å². The van der Waals surface area contributed by atoms with Crippen LogP contribution in [0.2, 0.25) is 0 Å². The number of carbonyl (C=O) groups excluding carboxylic acids is 1. The van der Waals surface area contributed by atoms with Gasteiger partial charge >= 0.3 is 5.97 Å². The Balaban J connectivity index is 2.28. The van der Waals surface area contributed by atoms with Gasteiger partial charge in [0.15, 0.2) is 6.23 Å². The quantitative estimate of drug-likeness (QED) is 0.609. The molecule has 1 N–H and O–H groups in total. The zero-order valence-electron chi connectivity index (χ0n) is 14.8. The lowest BCUT2D eigenvalue weighted by atomic mass is 10.1. The van der Waals surface area contributed by atoms with Gasteiger partial charge in [0.05, 0.1) is 11.6 Å². The molecule has 5 nitrogen and oxygen atoms in total. The molecule has 0 saturated heterocycles. The molecule has 0 saturated carbocycles. The van der Waals surface area contributed by atoms with Gasteiger partial charge in [-0.1, -0.05) is 12.1 Å². The van der Waals surface area contributed by atoms with Crippen molar-refractivity contribution < 1.29 is 9.53 Å². The molecule has 0 fully saturated rings. The molecule has 0 aliphatic rings. The Kier molecular flexibility index (Phi) is 6.41. The van der Waals surface area contributed by atoms with Crippen molar-refractivity contribution in [3.05, 3.63) is 59.7 Å². The molecule has 0 bridgehead atoms. The maximum absolute atomic E-state index is 11.5. The first-order valence-electron chi connectivity index (χ1n) is 8.36. The molecule has 5 heteroatoms. The van der Waals surface area contributed by atoms with Crippen molar-refractivity contribution in [2.24, 2.45) is 0 Å². The highest BCUT2D eigenvalue weighted by molar-refractivity contribution is 5.67. The van der Waals surface area contributed by atoms with E-state index in [0.717, 1.165) is 30.0 Å². The van der Waals surface area contributed by atoms with Crippen LogP contribution < -0.4 is 10.2 Å². The van der Waals surface area contributed by atoms with Crippen LogP contribution in [0.1, 0.15) is 38.1 Å². The molecule has 0 aliphatic carbocycles. The largest absolute Gasteiger partial charge is 0.438 e. The fourth-order valence-corrected chi connectivity index (χ4v) is 2.61. The highest BCUT2D eigenvalue weighted by Crippen LogP contribution is 2.25. The first kappa shape index (κ1) is 18.3. The van der Waals surface area contributed by atoms with E-state index in [-0.39, 0.29) is 5.97 Å². The van der Waals surface area contributed by atoms with Crippen molar-refractivity contribution in [2.75, 3.05) is 23.3 Å². The minimum absolute atomic E-state index is 0.362. The number of rotatable bonds is 7. The zero-order valence-corrected chi connectivity index (χ0v) is 14.8. The molecule has 2 rings (SSSR count). The highest BCUT2D eigenvalue weighted by Gasteiger charge is 2.16. The summed E-state index contributed by atoms with van der Waals surface area (Å²) in [5.41, 5.74) is 3.31. The van der Waals surface area contributed by atoms with E-state index in [9.17, 15) is 4.79 Å². The third kappa shape index (κ3) is 4.98. The second-order valence-corrected chi connectivity index (χ2v) is 5.59. The van der Waals surface area contributed by atoms with Crippen LogP contribution in [0.25, 0.3) is 0 Å². The lowest BCUT2D eigenvalue weighted by Crippen LogP contribution is -2.23. The van der Waals surface area contributed by atoms with E-state index in [1.54, 1.807) is 24.3 Å². The average Bonchev–Trinajstić information content (AvgIpc) is 2.63. The van der Waals surface area contributed by atoms with Gasteiger partial charge in [-0.2, -0.15) is 5.26 Å². The Morgan fingerprint density at radius 2 is 1.88 bits per heavy atom. The van der Waals surface area contributed by atoms with Gasteiger partial charge in [0.25, 0.3) is 0 Å². The van der Waals surface area contributed by atoms with Crippen molar-refractivity contribution in [1.29, 1.82) is 5.26 Å². The Bertz CT molecular complexity index is 746. The van der Waals surface area contributed by atoms with Crippen molar-refractivity contribution in [1.82, 2.24) is 0 Å².